The van der Waals surface area contributed by atoms with Crippen molar-refractivity contribution >= 4 is 17.4 Å². The zero-order valence-corrected chi connectivity index (χ0v) is 9.78. The second kappa shape index (κ2) is 5.42. The number of unbranched alkanes of at least 4 members (excludes halogenated alkanes) is 1. The highest BCUT2D eigenvalue weighted by atomic mass is 32.2. The zero-order chi connectivity index (χ0) is 10.5. The third-order valence-corrected chi connectivity index (χ3v) is 3.71. The van der Waals surface area contributed by atoms with E-state index in [2.05, 4.69) is 23.5 Å². The van der Waals surface area contributed by atoms with Crippen molar-refractivity contribution in [2.75, 3.05) is 24.2 Å². The molecule has 2 rings (SSSR count). The molecule has 0 aliphatic carbocycles. The van der Waals surface area contributed by atoms with Crippen LogP contribution in [0, 0.1) is 0 Å². The molecule has 0 saturated carbocycles. The van der Waals surface area contributed by atoms with Gasteiger partial charge in [-0.1, -0.05) is 6.07 Å². The van der Waals surface area contributed by atoms with Gasteiger partial charge in [-0.2, -0.15) is 0 Å². The van der Waals surface area contributed by atoms with Crippen LogP contribution >= 0.6 is 11.8 Å². The van der Waals surface area contributed by atoms with Crippen molar-refractivity contribution in [1.29, 1.82) is 0 Å². The van der Waals surface area contributed by atoms with Gasteiger partial charge in [0.05, 0.1) is 0 Å². The number of aryl methyl sites for hydroxylation is 1. The van der Waals surface area contributed by atoms with E-state index in [4.69, 9.17) is 5.73 Å². The normalized spacial score (nSPS) is 14.5. The minimum absolute atomic E-state index is 0.805. The summed E-state index contributed by atoms with van der Waals surface area (Å²) in [5, 5.41) is 3.45. The van der Waals surface area contributed by atoms with Crippen LogP contribution < -0.4 is 11.1 Å². The quantitative estimate of drug-likeness (QED) is 0.769. The fourth-order valence-corrected chi connectivity index (χ4v) is 2.69. The first kappa shape index (κ1) is 10.8. The molecular weight excluding hydrogens is 204 g/mol. The SMILES string of the molecule is NCCCCc1ccc2c(c1)NCCS2. The van der Waals surface area contributed by atoms with Crippen molar-refractivity contribution in [3.8, 4) is 0 Å². The molecule has 1 aromatic rings. The number of anilines is 1. The Morgan fingerprint density at radius 1 is 1.33 bits per heavy atom. The highest BCUT2D eigenvalue weighted by molar-refractivity contribution is 7.99. The molecule has 3 N–H and O–H groups in total. The van der Waals surface area contributed by atoms with E-state index in [0.717, 1.165) is 25.9 Å². The van der Waals surface area contributed by atoms with E-state index < -0.39 is 0 Å². The van der Waals surface area contributed by atoms with Crippen molar-refractivity contribution < 1.29 is 0 Å². The number of hydrogen-bond donors (Lipinski definition) is 2. The van der Waals surface area contributed by atoms with E-state index in [1.54, 1.807) is 0 Å². The lowest BCUT2D eigenvalue weighted by molar-refractivity contribution is 0.744. The maximum absolute atomic E-state index is 5.49. The third kappa shape index (κ3) is 2.89. The van der Waals surface area contributed by atoms with Gasteiger partial charge in [0.2, 0.25) is 0 Å². The lowest BCUT2D eigenvalue weighted by Crippen LogP contribution is -2.10. The Labute approximate surface area is 95.6 Å². The molecular formula is C12H18N2S. The van der Waals surface area contributed by atoms with Crippen LogP contribution in [-0.2, 0) is 6.42 Å². The molecule has 1 heterocycles. The minimum atomic E-state index is 0.805. The second-order valence-corrected chi connectivity index (χ2v) is 4.99. The number of nitrogens with two attached hydrogens (primary N) is 1. The summed E-state index contributed by atoms with van der Waals surface area (Å²) in [6.07, 6.45) is 3.47. The fourth-order valence-electron chi connectivity index (χ4n) is 1.82. The van der Waals surface area contributed by atoms with Gasteiger partial charge in [0.1, 0.15) is 0 Å². The summed E-state index contributed by atoms with van der Waals surface area (Å²) in [5.74, 6) is 1.18. The summed E-state index contributed by atoms with van der Waals surface area (Å²) in [6, 6.07) is 6.78. The van der Waals surface area contributed by atoms with Gasteiger partial charge in [0.15, 0.2) is 0 Å². The van der Waals surface area contributed by atoms with Crippen LogP contribution in [0.25, 0.3) is 0 Å². The average Bonchev–Trinajstić information content (AvgIpc) is 2.29. The molecule has 1 aliphatic rings. The van der Waals surface area contributed by atoms with E-state index in [9.17, 15) is 0 Å². The predicted octanol–water partition coefficient (Wildman–Crippen LogP) is 2.49. The lowest BCUT2D eigenvalue weighted by atomic mass is 10.1. The van der Waals surface area contributed by atoms with Crippen molar-refractivity contribution in [3.05, 3.63) is 23.8 Å². The largest absolute Gasteiger partial charge is 0.383 e. The van der Waals surface area contributed by atoms with Crippen molar-refractivity contribution in [3.63, 3.8) is 0 Å². The molecule has 0 radical (unpaired) electrons. The Morgan fingerprint density at radius 2 is 2.27 bits per heavy atom. The molecule has 1 aliphatic heterocycles. The van der Waals surface area contributed by atoms with Gasteiger partial charge < -0.3 is 11.1 Å². The molecule has 0 bridgehead atoms. The summed E-state index contributed by atoms with van der Waals surface area (Å²) >= 11 is 1.94. The van der Waals surface area contributed by atoms with Crippen LogP contribution in [0.4, 0.5) is 5.69 Å². The summed E-state index contributed by atoms with van der Waals surface area (Å²) in [5.41, 5.74) is 8.23. The van der Waals surface area contributed by atoms with Gasteiger partial charge in [-0.05, 0) is 43.5 Å². The van der Waals surface area contributed by atoms with Crippen molar-refractivity contribution in [2.24, 2.45) is 5.73 Å². The summed E-state index contributed by atoms with van der Waals surface area (Å²) in [4.78, 5) is 1.39. The van der Waals surface area contributed by atoms with E-state index in [1.807, 2.05) is 11.8 Å². The molecule has 0 atom stereocenters. The summed E-state index contributed by atoms with van der Waals surface area (Å²) in [7, 11) is 0. The first-order chi connectivity index (χ1) is 7.40. The third-order valence-electron chi connectivity index (χ3n) is 2.64. The summed E-state index contributed by atoms with van der Waals surface area (Å²) in [6.45, 7) is 1.89. The molecule has 0 amide bonds. The van der Waals surface area contributed by atoms with Gasteiger partial charge in [-0.15, -0.1) is 11.8 Å². The fraction of sp³-hybridized carbons (Fsp3) is 0.500. The molecule has 2 nitrogen and oxygen atoms in total. The van der Waals surface area contributed by atoms with Crippen LogP contribution in [-0.4, -0.2) is 18.8 Å². The van der Waals surface area contributed by atoms with Crippen LogP contribution in [0.1, 0.15) is 18.4 Å². The van der Waals surface area contributed by atoms with Gasteiger partial charge in [-0.25, -0.2) is 0 Å². The van der Waals surface area contributed by atoms with Crippen LogP contribution in [0.5, 0.6) is 0 Å². The van der Waals surface area contributed by atoms with Crippen LogP contribution in [0.3, 0.4) is 0 Å². The molecule has 1 aromatic carbocycles. The molecule has 0 saturated heterocycles. The van der Waals surface area contributed by atoms with E-state index in [1.165, 1.54) is 28.3 Å². The average molecular weight is 222 g/mol. The molecule has 0 fully saturated rings. The standard InChI is InChI=1S/C12H18N2S/c13-6-2-1-3-10-4-5-12-11(9-10)14-7-8-15-12/h4-5,9,14H,1-3,6-8,13H2. The molecule has 15 heavy (non-hydrogen) atoms. The molecule has 82 valence electrons. The number of benzene rings is 1. The highest BCUT2D eigenvalue weighted by Gasteiger charge is 2.08. The van der Waals surface area contributed by atoms with E-state index in [-0.39, 0.29) is 0 Å². The molecule has 0 aromatic heterocycles. The predicted molar refractivity (Wildman–Crippen MR) is 67.6 cm³/mol. The van der Waals surface area contributed by atoms with Gasteiger partial charge in [-0.3, -0.25) is 0 Å². The monoisotopic (exact) mass is 222 g/mol. The molecule has 0 unspecified atom stereocenters. The zero-order valence-electron chi connectivity index (χ0n) is 8.96. The van der Waals surface area contributed by atoms with Gasteiger partial charge in [0, 0.05) is 22.9 Å². The molecule has 0 spiro atoms. The number of fused-ring (bicyclic) bond motifs is 1. The van der Waals surface area contributed by atoms with Gasteiger partial charge in [0.25, 0.3) is 0 Å². The maximum Gasteiger partial charge on any atom is 0.0481 e. The summed E-state index contributed by atoms with van der Waals surface area (Å²) < 4.78 is 0. The number of nitrogens with one attached hydrogen (secondary N) is 1. The van der Waals surface area contributed by atoms with E-state index >= 15 is 0 Å². The van der Waals surface area contributed by atoms with Gasteiger partial charge >= 0.3 is 0 Å². The molecule has 3 heteroatoms. The highest BCUT2D eigenvalue weighted by Crippen LogP contribution is 2.31. The number of rotatable bonds is 4. The number of thioether (sulfide) groups is 1. The van der Waals surface area contributed by atoms with Crippen LogP contribution in [0.2, 0.25) is 0 Å². The smallest absolute Gasteiger partial charge is 0.0481 e. The van der Waals surface area contributed by atoms with Crippen molar-refractivity contribution in [1.82, 2.24) is 0 Å². The Balaban J connectivity index is 2.00. The Morgan fingerprint density at radius 3 is 3.13 bits per heavy atom. The topological polar surface area (TPSA) is 38.0 Å². The minimum Gasteiger partial charge on any atom is -0.383 e. The first-order valence-corrected chi connectivity index (χ1v) is 6.58. The lowest BCUT2D eigenvalue weighted by Gasteiger charge is -2.18. The van der Waals surface area contributed by atoms with E-state index in [0.29, 0.717) is 0 Å². The Bertz CT molecular complexity index is 325. The number of hydrogen-bond acceptors (Lipinski definition) is 3. The second-order valence-electron chi connectivity index (χ2n) is 3.85. The van der Waals surface area contributed by atoms with Crippen molar-refractivity contribution in [2.45, 2.75) is 24.2 Å². The first-order valence-electron chi connectivity index (χ1n) is 5.60. The Kier molecular flexibility index (Phi) is 3.92. The van der Waals surface area contributed by atoms with Crippen LogP contribution in [0.15, 0.2) is 23.1 Å². The Hall–Kier alpha value is -0.670. The maximum atomic E-state index is 5.49.